The zero-order valence-corrected chi connectivity index (χ0v) is 11.9. The Kier molecular flexibility index (Phi) is 3.65. The van der Waals surface area contributed by atoms with Gasteiger partial charge < -0.3 is 14.8 Å². The molecule has 0 spiro atoms. The fourth-order valence-corrected chi connectivity index (χ4v) is 3.13. The average molecular weight is 261 g/mol. The van der Waals surface area contributed by atoms with Gasteiger partial charge >= 0.3 is 0 Å². The lowest BCUT2D eigenvalue weighted by molar-refractivity contribution is 0.254. The molecule has 2 heterocycles. The molecule has 0 bridgehead atoms. The summed E-state index contributed by atoms with van der Waals surface area (Å²) in [4.78, 5) is 0. The van der Waals surface area contributed by atoms with Gasteiger partial charge in [0.25, 0.3) is 0 Å². The van der Waals surface area contributed by atoms with Crippen LogP contribution >= 0.6 is 0 Å². The summed E-state index contributed by atoms with van der Waals surface area (Å²) >= 11 is 0. The van der Waals surface area contributed by atoms with E-state index >= 15 is 0 Å². The number of benzene rings is 1. The maximum Gasteiger partial charge on any atom is 0.123 e. The summed E-state index contributed by atoms with van der Waals surface area (Å²) in [6.07, 6.45) is 4.88. The molecule has 19 heavy (non-hydrogen) atoms. The van der Waals surface area contributed by atoms with Gasteiger partial charge in [0, 0.05) is 18.0 Å². The number of nitrogens with one attached hydrogen (secondary N) is 1. The minimum atomic E-state index is 0.296. The molecule has 0 amide bonds. The zero-order valence-electron chi connectivity index (χ0n) is 11.9. The molecule has 0 radical (unpaired) electrons. The van der Waals surface area contributed by atoms with Crippen LogP contribution in [0.5, 0.6) is 11.5 Å². The molecule has 2 aliphatic rings. The van der Waals surface area contributed by atoms with E-state index in [4.69, 9.17) is 9.47 Å². The van der Waals surface area contributed by atoms with Gasteiger partial charge in [0.1, 0.15) is 17.6 Å². The molecule has 0 aromatic heterocycles. The van der Waals surface area contributed by atoms with Crippen LogP contribution in [0.15, 0.2) is 12.1 Å². The van der Waals surface area contributed by atoms with Crippen LogP contribution in [0.3, 0.4) is 0 Å². The van der Waals surface area contributed by atoms with Crippen molar-refractivity contribution in [3.63, 3.8) is 0 Å². The molecule has 2 atom stereocenters. The number of hydrogen-bond donors (Lipinski definition) is 1. The van der Waals surface area contributed by atoms with Crippen LogP contribution < -0.4 is 14.8 Å². The summed E-state index contributed by atoms with van der Waals surface area (Å²) < 4.78 is 11.7. The van der Waals surface area contributed by atoms with Crippen LogP contribution in [0, 0.1) is 0 Å². The number of rotatable bonds is 4. The SMILES string of the molecule is CCOc1cc2c(cc1CC1CCCN1)OC(C)C2. The molecular formula is C16H23NO2. The van der Waals surface area contributed by atoms with Gasteiger partial charge in [-0.15, -0.1) is 0 Å². The van der Waals surface area contributed by atoms with Crippen molar-refractivity contribution in [3.8, 4) is 11.5 Å². The number of hydrogen-bond acceptors (Lipinski definition) is 3. The minimum Gasteiger partial charge on any atom is -0.494 e. The molecule has 0 saturated carbocycles. The summed E-state index contributed by atoms with van der Waals surface area (Å²) in [6.45, 7) is 6.04. The highest BCUT2D eigenvalue weighted by molar-refractivity contribution is 5.49. The fourth-order valence-electron chi connectivity index (χ4n) is 3.13. The summed E-state index contributed by atoms with van der Waals surface area (Å²) in [5.74, 6) is 2.11. The lowest BCUT2D eigenvalue weighted by Gasteiger charge is -2.16. The van der Waals surface area contributed by atoms with Crippen molar-refractivity contribution in [1.82, 2.24) is 5.32 Å². The van der Waals surface area contributed by atoms with Gasteiger partial charge in [0.05, 0.1) is 6.61 Å². The summed E-state index contributed by atoms with van der Waals surface area (Å²) in [7, 11) is 0. The Labute approximate surface area is 115 Å². The molecule has 104 valence electrons. The van der Waals surface area contributed by atoms with E-state index in [1.165, 1.54) is 24.0 Å². The Morgan fingerprint density at radius 3 is 3.05 bits per heavy atom. The lowest BCUT2D eigenvalue weighted by Crippen LogP contribution is -2.23. The third-order valence-electron chi connectivity index (χ3n) is 4.01. The molecule has 3 rings (SSSR count). The molecule has 3 nitrogen and oxygen atoms in total. The number of fused-ring (bicyclic) bond motifs is 1. The highest BCUT2D eigenvalue weighted by Crippen LogP contribution is 2.36. The molecule has 1 aromatic carbocycles. The highest BCUT2D eigenvalue weighted by atomic mass is 16.5. The predicted molar refractivity (Wildman–Crippen MR) is 76.1 cm³/mol. The third-order valence-corrected chi connectivity index (χ3v) is 4.01. The van der Waals surface area contributed by atoms with Crippen LogP contribution in [0.25, 0.3) is 0 Å². The zero-order chi connectivity index (χ0) is 13.2. The van der Waals surface area contributed by atoms with Crippen LogP contribution in [0.2, 0.25) is 0 Å². The Morgan fingerprint density at radius 2 is 2.32 bits per heavy atom. The normalized spacial score (nSPS) is 25.2. The number of ether oxygens (including phenoxy) is 2. The van der Waals surface area contributed by atoms with Gasteiger partial charge in [-0.2, -0.15) is 0 Å². The van der Waals surface area contributed by atoms with Crippen LogP contribution in [-0.4, -0.2) is 25.3 Å². The summed E-state index contributed by atoms with van der Waals surface area (Å²) in [5.41, 5.74) is 2.58. The van der Waals surface area contributed by atoms with E-state index in [0.29, 0.717) is 12.1 Å². The molecule has 1 N–H and O–H groups in total. The smallest absolute Gasteiger partial charge is 0.123 e. The molecule has 0 aliphatic carbocycles. The maximum absolute atomic E-state index is 5.87. The second-order valence-corrected chi connectivity index (χ2v) is 5.63. The van der Waals surface area contributed by atoms with Crippen molar-refractivity contribution < 1.29 is 9.47 Å². The fraction of sp³-hybridized carbons (Fsp3) is 0.625. The molecule has 3 heteroatoms. The molecule has 1 saturated heterocycles. The lowest BCUT2D eigenvalue weighted by atomic mass is 10.0. The first-order valence-electron chi connectivity index (χ1n) is 7.45. The van der Waals surface area contributed by atoms with E-state index in [0.717, 1.165) is 37.5 Å². The van der Waals surface area contributed by atoms with Crippen LogP contribution in [0.4, 0.5) is 0 Å². The van der Waals surface area contributed by atoms with Crippen LogP contribution in [-0.2, 0) is 12.8 Å². The van der Waals surface area contributed by atoms with Crippen molar-refractivity contribution in [2.24, 2.45) is 0 Å². The van der Waals surface area contributed by atoms with Gasteiger partial charge in [-0.25, -0.2) is 0 Å². The van der Waals surface area contributed by atoms with Crippen molar-refractivity contribution in [2.75, 3.05) is 13.2 Å². The second kappa shape index (κ2) is 5.41. The van der Waals surface area contributed by atoms with E-state index in [1.807, 2.05) is 6.92 Å². The van der Waals surface area contributed by atoms with Gasteiger partial charge in [-0.05, 0) is 57.4 Å². The van der Waals surface area contributed by atoms with Crippen LogP contribution in [0.1, 0.15) is 37.8 Å². The van der Waals surface area contributed by atoms with Gasteiger partial charge in [-0.3, -0.25) is 0 Å². The Balaban J connectivity index is 1.85. The monoisotopic (exact) mass is 261 g/mol. The minimum absolute atomic E-state index is 0.296. The topological polar surface area (TPSA) is 30.5 Å². The Morgan fingerprint density at radius 1 is 1.42 bits per heavy atom. The second-order valence-electron chi connectivity index (χ2n) is 5.63. The quantitative estimate of drug-likeness (QED) is 0.904. The van der Waals surface area contributed by atoms with Crippen molar-refractivity contribution in [3.05, 3.63) is 23.3 Å². The van der Waals surface area contributed by atoms with E-state index in [2.05, 4.69) is 24.4 Å². The first-order valence-corrected chi connectivity index (χ1v) is 7.45. The maximum atomic E-state index is 5.87. The standard InChI is InChI=1S/C16H23NO2/c1-3-18-15-9-12-7-11(2)19-16(12)10-13(15)8-14-5-4-6-17-14/h9-11,14,17H,3-8H2,1-2H3. The molecule has 1 aromatic rings. The first kappa shape index (κ1) is 12.8. The largest absolute Gasteiger partial charge is 0.494 e. The van der Waals surface area contributed by atoms with Gasteiger partial charge in [0.15, 0.2) is 0 Å². The molecule has 2 aliphatic heterocycles. The van der Waals surface area contributed by atoms with Crippen molar-refractivity contribution in [2.45, 2.75) is 51.7 Å². The third kappa shape index (κ3) is 2.71. The highest BCUT2D eigenvalue weighted by Gasteiger charge is 2.23. The van der Waals surface area contributed by atoms with Crippen molar-refractivity contribution in [1.29, 1.82) is 0 Å². The van der Waals surface area contributed by atoms with E-state index in [1.54, 1.807) is 0 Å². The van der Waals surface area contributed by atoms with Gasteiger partial charge in [0.2, 0.25) is 0 Å². The van der Waals surface area contributed by atoms with E-state index in [-0.39, 0.29) is 0 Å². The van der Waals surface area contributed by atoms with E-state index in [9.17, 15) is 0 Å². The summed E-state index contributed by atoms with van der Waals surface area (Å²) in [5, 5.41) is 3.55. The molecule has 1 fully saturated rings. The van der Waals surface area contributed by atoms with Gasteiger partial charge in [-0.1, -0.05) is 0 Å². The van der Waals surface area contributed by atoms with E-state index < -0.39 is 0 Å². The Bertz CT molecular complexity index is 452. The summed E-state index contributed by atoms with van der Waals surface area (Å²) in [6, 6.07) is 4.98. The molecular weight excluding hydrogens is 238 g/mol. The average Bonchev–Trinajstić information content (AvgIpc) is 2.98. The predicted octanol–water partition coefficient (Wildman–Crippen LogP) is 2.70. The van der Waals surface area contributed by atoms with Crippen molar-refractivity contribution >= 4 is 0 Å². The molecule has 2 unspecified atom stereocenters. The Hall–Kier alpha value is -1.22. The first-order chi connectivity index (χ1) is 9.26.